The minimum atomic E-state index is -1.23. The molecule has 0 fully saturated rings. The summed E-state index contributed by atoms with van der Waals surface area (Å²) in [6.45, 7) is 7.38. The van der Waals surface area contributed by atoms with Gasteiger partial charge in [0.25, 0.3) is 0 Å². The highest BCUT2D eigenvalue weighted by Gasteiger charge is 2.26. The zero-order valence-electron chi connectivity index (χ0n) is 14.1. The molecule has 0 saturated carbocycles. The van der Waals surface area contributed by atoms with Crippen LogP contribution in [0.15, 0.2) is 18.2 Å². The number of methoxy groups -OCH3 is 2. The third-order valence-electron chi connectivity index (χ3n) is 3.28. The first-order chi connectivity index (χ1) is 9.88. The zero-order valence-corrected chi connectivity index (χ0v) is 18.0. The summed E-state index contributed by atoms with van der Waals surface area (Å²) in [4.78, 5) is 0. The van der Waals surface area contributed by atoms with Gasteiger partial charge in [-0.25, -0.2) is 0 Å². The molecular weight excluding hydrogens is 383 g/mol. The average Bonchev–Trinajstić information content (AvgIpc) is 2.43. The third kappa shape index (κ3) is 7.42. The quantitative estimate of drug-likeness (QED) is 0.242. The van der Waals surface area contributed by atoms with Gasteiger partial charge >= 0.3 is 0 Å². The maximum Gasteiger partial charge on any atom is 0.161 e. The van der Waals surface area contributed by atoms with Crippen LogP contribution in [-0.4, -0.2) is 61.4 Å². The average molecular weight is 411 g/mol. The topological polar surface area (TPSA) is 47.9 Å². The molecule has 0 saturated heterocycles. The number of phenols is 1. The van der Waals surface area contributed by atoms with E-state index in [0.717, 1.165) is 23.5 Å². The van der Waals surface area contributed by atoms with Gasteiger partial charge in [0, 0.05) is 27.5 Å². The molecule has 0 unspecified atom stereocenters. The van der Waals surface area contributed by atoms with Crippen LogP contribution >= 0.6 is 7.26 Å². The highest BCUT2D eigenvalue weighted by Crippen LogP contribution is 2.48. The molecule has 1 N–H and O–H groups in total. The van der Waals surface area contributed by atoms with Crippen molar-refractivity contribution in [3.8, 4) is 11.5 Å². The number of hydrogen-bond donors (Lipinski definition) is 1. The Morgan fingerprint density at radius 3 is 2.36 bits per heavy atom. The van der Waals surface area contributed by atoms with E-state index in [1.54, 1.807) is 20.3 Å². The number of phenolic OH excluding ortho intramolecular Hbond substituents is 1. The van der Waals surface area contributed by atoms with Crippen molar-refractivity contribution in [3.05, 3.63) is 18.2 Å². The number of halogens is 1. The maximum absolute atomic E-state index is 9.67. The first-order valence-corrected chi connectivity index (χ1v) is 12.2. The van der Waals surface area contributed by atoms with E-state index in [1.165, 1.54) is 0 Å². The normalized spacial score (nSPS) is 11.9. The molecule has 128 valence electrons. The molecule has 0 bridgehead atoms. The largest absolute Gasteiger partial charge is 1.00 e. The minimum absolute atomic E-state index is 0. The van der Waals surface area contributed by atoms with Crippen LogP contribution in [0.2, 0.25) is 6.04 Å². The lowest BCUT2D eigenvalue weighted by Gasteiger charge is -2.17. The molecule has 1 aromatic rings. The second-order valence-electron chi connectivity index (χ2n) is 5.91. The van der Waals surface area contributed by atoms with Crippen molar-refractivity contribution in [3.63, 3.8) is 0 Å². The number of hydrogen-bond acceptors (Lipinski definition) is 4. The predicted molar refractivity (Wildman–Crippen MR) is 93.7 cm³/mol. The molecule has 4 nitrogen and oxygen atoms in total. The second-order valence-corrected chi connectivity index (χ2v) is 12.4. The fourth-order valence-corrected chi connectivity index (χ4v) is 4.70. The summed E-state index contributed by atoms with van der Waals surface area (Å²) >= 11 is 0. The van der Waals surface area contributed by atoms with E-state index in [-0.39, 0.29) is 32.4 Å². The zero-order chi connectivity index (χ0) is 15.9. The molecule has 0 radical (unpaired) electrons. The third-order valence-corrected chi connectivity index (χ3v) is 7.12. The van der Waals surface area contributed by atoms with Crippen molar-refractivity contribution in [2.75, 3.05) is 40.8 Å². The second kappa shape index (κ2) is 10.6. The summed E-state index contributed by atoms with van der Waals surface area (Å²) in [5.41, 5.74) is 0. The van der Waals surface area contributed by atoms with Crippen molar-refractivity contribution in [2.24, 2.45) is 0 Å². The van der Waals surface area contributed by atoms with Crippen LogP contribution in [-0.2, 0) is 9.47 Å². The standard InChI is InChI=1S/C15H27O4PSi.BrH/c1-17-15(18-2)21-10-6-9-19-13-8-7-12(16)11-14(13)20(3,4)5;/h7-8,11,15H,6,9-10,21H2,1-5H3;1H. The summed E-state index contributed by atoms with van der Waals surface area (Å²) in [7, 11) is 1.77. The first-order valence-electron chi connectivity index (χ1n) is 7.22. The molecule has 0 aliphatic heterocycles. The van der Waals surface area contributed by atoms with Gasteiger partial charge in [-0.2, -0.15) is 0 Å². The minimum Gasteiger partial charge on any atom is -1.00 e. The van der Waals surface area contributed by atoms with E-state index in [9.17, 15) is 5.11 Å². The van der Waals surface area contributed by atoms with Crippen molar-refractivity contribution >= 4 is 22.1 Å². The Morgan fingerprint density at radius 2 is 1.82 bits per heavy atom. The smallest absolute Gasteiger partial charge is 0.161 e. The van der Waals surface area contributed by atoms with Gasteiger partial charge < -0.3 is 36.3 Å². The molecule has 0 spiro atoms. The molecule has 7 heteroatoms. The van der Waals surface area contributed by atoms with Crippen molar-refractivity contribution < 1.29 is 36.3 Å². The fourth-order valence-electron chi connectivity index (χ4n) is 2.08. The Kier molecular flexibility index (Phi) is 10.5. The molecular formula is C15H28BrO4PSi. The lowest BCUT2D eigenvalue weighted by Crippen LogP contribution is -3.00. The summed E-state index contributed by atoms with van der Waals surface area (Å²) in [5.74, 6) is 1.22. The van der Waals surface area contributed by atoms with Crippen LogP contribution in [0.5, 0.6) is 11.5 Å². The van der Waals surface area contributed by atoms with E-state index < -0.39 is 7.26 Å². The summed E-state index contributed by atoms with van der Waals surface area (Å²) in [5, 5.41) is 10.8. The summed E-state index contributed by atoms with van der Waals surface area (Å²) in [6, 6.07) is 6.53. The van der Waals surface area contributed by atoms with E-state index >= 15 is 0 Å². The van der Waals surface area contributed by atoms with Crippen LogP contribution in [0.1, 0.15) is 6.42 Å². The van der Waals surface area contributed by atoms with E-state index in [0.29, 0.717) is 12.4 Å². The van der Waals surface area contributed by atoms with Gasteiger partial charge in [0.1, 0.15) is 17.0 Å². The van der Waals surface area contributed by atoms with Gasteiger partial charge in [0.15, 0.2) is 5.75 Å². The van der Waals surface area contributed by atoms with Gasteiger partial charge in [0.2, 0.25) is 0 Å². The lowest BCUT2D eigenvalue weighted by molar-refractivity contribution is -0.0441. The van der Waals surface area contributed by atoms with Gasteiger partial charge in [0.05, 0.1) is 36.1 Å². The highest BCUT2D eigenvalue weighted by molar-refractivity contribution is 7.81. The van der Waals surface area contributed by atoms with Crippen LogP contribution in [0.4, 0.5) is 0 Å². The Morgan fingerprint density at radius 1 is 1.18 bits per heavy atom. The first kappa shape index (κ1) is 21.9. The molecule has 1 rings (SSSR count). The highest BCUT2D eigenvalue weighted by atomic mass is 79.9. The monoisotopic (exact) mass is 410 g/mol. The Hall–Kier alpha value is -0.133. The molecule has 22 heavy (non-hydrogen) atoms. The number of aromatic hydroxyl groups is 1. The van der Waals surface area contributed by atoms with Crippen molar-refractivity contribution in [2.45, 2.75) is 18.4 Å². The van der Waals surface area contributed by atoms with E-state index in [2.05, 4.69) is 20.0 Å². The molecule has 0 aromatic heterocycles. The van der Waals surface area contributed by atoms with Gasteiger partial charge in [-0.05, 0) is 18.6 Å². The SMILES string of the molecule is COC(OC)[SiH2]CCCOc1ccc(O)cc1[P+](C)(C)C.[Br-]. The van der Waals surface area contributed by atoms with Gasteiger partial charge in [-0.15, -0.1) is 0 Å². The molecule has 0 heterocycles. The fraction of sp³-hybridized carbons (Fsp3) is 0.600. The number of rotatable bonds is 9. The molecule has 1 aromatic carbocycles. The Bertz CT molecular complexity index is 436. The summed E-state index contributed by atoms with van der Waals surface area (Å²) < 4.78 is 16.4. The van der Waals surface area contributed by atoms with Crippen LogP contribution in [0.3, 0.4) is 0 Å². The van der Waals surface area contributed by atoms with Crippen LogP contribution in [0, 0.1) is 0 Å². The van der Waals surface area contributed by atoms with Crippen molar-refractivity contribution in [1.29, 1.82) is 0 Å². The van der Waals surface area contributed by atoms with E-state index in [1.807, 2.05) is 12.1 Å². The molecule has 0 aliphatic rings. The van der Waals surface area contributed by atoms with Crippen molar-refractivity contribution in [1.82, 2.24) is 0 Å². The van der Waals surface area contributed by atoms with Crippen LogP contribution in [0.25, 0.3) is 0 Å². The van der Waals surface area contributed by atoms with E-state index in [4.69, 9.17) is 14.2 Å². The molecule has 0 amide bonds. The van der Waals surface area contributed by atoms with Gasteiger partial charge in [-0.3, -0.25) is 0 Å². The Balaban J connectivity index is 0.00000441. The lowest BCUT2D eigenvalue weighted by atomic mass is 10.3. The number of benzene rings is 1. The van der Waals surface area contributed by atoms with Gasteiger partial charge in [-0.1, -0.05) is 6.04 Å². The summed E-state index contributed by atoms with van der Waals surface area (Å²) in [6.07, 6.45) is 1.01. The van der Waals surface area contributed by atoms with Crippen LogP contribution < -0.4 is 27.0 Å². The number of ether oxygens (including phenoxy) is 3. The molecule has 0 aliphatic carbocycles. The maximum atomic E-state index is 9.67. The molecule has 0 atom stereocenters. The Labute approximate surface area is 147 Å². The predicted octanol–water partition coefficient (Wildman–Crippen LogP) is -1.14.